The van der Waals surface area contributed by atoms with Crippen molar-refractivity contribution in [3.63, 3.8) is 0 Å². The van der Waals surface area contributed by atoms with Gasteiger partial charge in [0.2, 0.25) is 0 Å². The first kappa shape index (κ1) is 18.0. The molecule has 0 radical (unpaired) electrons. The van der Waals surface area contributed by atoms with E-state index < -0.39 is 18.6 Å². The molecule has 0 unspecified atom stereocenters. The summed E-state index contributed by atoms with van der Waals surface area (Å²) in [5.74, 6) is -0.459. The SMILES string of the molecule is CCc1ncnc(NCc2ccc(C)cc2OCC(F)(F)F)c1F. The van der Waals surface area contributed by atoms with Crippen molar-refractivity contribution in [3.05, 3.63) is 47.2 Å². The molecule has 24 heavy (non-hydrogen) atoms. The lowest BCUT2D eigenvalue weighted by Gasteiger charge is -2.15. The zero-order valence-electron chi connectivity index (χ0n) is 13.2. The lowest BCUT2D eigenvalue weighted by Crippen LogP contribution is -2.20. The van der Waals surface area contributed by atoms with Crippen LogP contribution >= 0.6 is 0 Å². The molecule has 0 saturated carbocycles. The number of rotatable bonds is 6. The van der Waals surface area contributed by atoms with Crippen LogP contribution < -0.4 is 10.1 Å². The van der Waals surface area contributed by atoms with Crippen molar-refractivity contribution in [2.45, 2.75) is 33.0 Å². The fourth-order valence-corrected chi connectivity index (χ4v) is 2.06. The van der Waals surface area contributed by atoms with Crippen LogP contribution in [-0.4, -0.2) is 22.8 Å². The van der Waals surface area contributed by atoms with Gasteiger partial charge in [-0.15, -0.1) is 0 Å². The summed E-state index contributed by atoms with van der Waals surface area (Å²) < 4.78 is 56.0. The van der Waals surface area contributed by atoms with Crippen LogP contribution in [0.5, 0.6) is 5.75 Å². The van der Waals surface area contributed by atoms with Crippen molar-refractivity contribution >= 4 is 5.82 Å². The predicted octanol–water partition coefficient (Wildman–Crippen LogP) is 4.04. The van der Waals surface area contributed by atoms with Crippen LogP contribution in [0.1, 0.15) is 23.7 Å². The Balaban J connectivity index is 2.15. The highest BCUT2D eigenvalue weighted by molar-refractivity contribution is 5.42. The van der Waals surface area contributed by atoms with E-state index in [1.165, 1.54) is 12.4 Å². The van der Waals surface area contributed by atoms with Crippen LogP contribution in [0.2, 0.25) is 0 Å². The standard InChI is InChI=1S/C16H17F4N3O/c1-3-12-14(17)15(23-9-22-12)21-7-11-5-4-10(2)6-13(11)24-8-16(18,19)20/h4-6,9H,3,7-8H2,1-2H3,(H,21,22,23). The minimum absolute atomic E-state index is 0.00389. The molecule has 2 aromatic rings. The average molecular weight is 343 g/mol. The number of hydrogen-bond acceptors (Lipinski definition) is 4. The Morgan fingerprint density at radius 1 is 1.21 bits per heavy atom. The molecule has 0 amide bonds. The van der Waals surface area contributed by atoms with Gasteiger partial charge >= 0.3 is 6.18 Å². The molecule has 0 spiro atoms. The molecule has 8 heteroatoms. The first-order valence-electron chi connectivity index (χ1n) is 7.32. The number of ether oxygens (including phenoxy) is 1. The van der Waals surface area contributed by atoms with E-state index in [1.807, 2.05) is 0 Å². The summed E-state index contributed by atoms with van der Waals surface area (Å²) in [4.78, 5) is 7.64. The van der Waals surface area contributed by atoms with Gasteiger partial charge in [0.05, 0.1) is 5.69 Å². The van der Waals surface area contributed by atoms with Crippen molar-refractivity contribution in [2.75, 3.05) is 11.9 Å². The number of anilines is 1. The van der Waals surface area contributed by atoms with E-state index in [9.17, 15) is 17.6 Å². The second-order valence-electron chi connectivity index (χ2n) is 5.21. The van der Waals surface area contributed by atoms with Crippen LogP contribution in [-0.2, 0) is 13.0 Å². The summed E-state index contributed by atoms with van der Waals surface area (Å²) in [6.07, 6.45) is -2.78. The number of alkyl halides is 3. The van der Waals surface area contributed by atoms with Gasteiger partial charge in [-0.2, -0.15) is 13.2 Å². The Morgan fingerprint density at radius 2 is 1.96 bits per heavy atom. The Labute approximate surface area is 136 Å². The summed E-state index contributed by atoms with van der Waals surface area (Å²) in [5, 5.41) is 2.77. The average Bonchev–Trinajstić information content (AvgIpc) is 2.52. The van der Waals surface area contributed by atoms with E-state index in [2.05, 4.69) is 15.3 Å². The van der Waals surface area contributed by atoms with Gasteiger partial charge in [-0.05, 0) is 25.0 Å². The predicted molar refractivity (Wildman–Crippen MR) is 81.4 cm³/mol. The Hall–Kier alpha value is -2.38. The molecule has 0 bridgehead atoms. The number of hydrogen-bond donors (Lipinski definition) is 1. The lowest BCUT2D eigenvalue weighted by atomic mass is 10.1. The second kappa shape index (κ2) is 7.46. The summed E-state index contributed by atoms with van der Waals surface area (Å²) in [7, 11) is 0. The van der Waals surface area contributed by atoms with E-state index in [1.54, 1.807) is 26.0 Å². The molecule has 1 aromatic carbocycles. The second-order valence-corrected chi connectivity index (χ2v) is 5.21. The summed E-state index contributed by atoms with van der Waals surface area (Å²) in [6.45, 7) is 2.20. The van der Waals surface area contributed by atoms with E-state index in [0.29, 0.717) is 12.0 Å². The van der Waals surface area contributed by atoms with Crippen LogP contribution in [0.4, 0.5) is 23.4 Å². The molecule has 1 N–H and O–H groups in total. The number of aryl methyl sites for hydroxylation is 2. The largest absolute Gasteiger partial charge is 0.484 e. The van der Waals surface area contributed by atoms with Gasteiger partial charge in [0.15, 0.2) is 18.2 Å². The minimum Gasteiger partial charge on any atom is -0.484 e. The maximum Gasteiger partial charge on any atom is 0.422 e. The molecule has 0 aliphatic carbocycles. The van der Waals surface area contributed by atoms with E-state index in [-0.39, 0.29) is 23.8 Å². The van der Waals surface area contributed by atoms with Crippen molar-refractivity contribution in [3.8, 4) is 5.75 Å². The molecule has 0 saturated heterocycles. The smallest absolute Gasteiger partial charge is 0.422 e. The molecule has 1 aromatic heterocycles. The third-order valence-electron chi connectivity index (χ3n) is 3.26. The molecule has 2 rings (SSSR count). The zero-order valence-corrected chi connectivity index (χ0v) is 13.2. The number of aromatic nitrogens is 2. The third kappa shape index (κ3) is 4.81. The van der Waals surface area contributed by atoms with Crippen molar-refractivity contribution in [1.82, 2.24) is 9.97 Å². The fourth-order valence-electron chi connectivity index (χ4n) is 2.06. The molecule has 130 valence electrons. The maximum absolute atomic E-state index is 14.1. The highest BCUT2D eigenvalue weighted by atomic mass is 19.4. The number of nitrogens with zero attached hydrogens (tertiary/aromatic N) is 2. The van der Waals surface area contributed by atoms with Gasteiger partial charge in [-0.1, -0.05) is 19.1 Å². The summed E-state index contributed by atoms with van der Waals surface area (Å²) in [5.41, 5.74) is 1.50. The Morgan fingerprint density at radius 3 is 2.62 bits per heavy atom. The van der Waals surface area contributed by atoms with Gasteiger partial charge in [0.1, 0.15) is 12.1 Å². The number of benzene rings is 1. The first-order chi connectivity index (χ1) is 11.3. The summed E-state index contributed by atoms with van der Waals surface area (Å²) in [6, 6.07) is 4.88. The monoisotopic (exact) mass is 343 g/mol. The van der Waals surface area contributed by atoms with Crippen LogP contribution in [0, 0.1) is 12.7 Å². The third-order valence-corrected chi connectivity index (χ3v) is 3.26. The van der Waals surface area contributed by atoms with E-state index >= 15 is 0 Å². The summed E-state index contributed by atoms with van der Waals surface area (Å²) >= 11 is 0. The minimum atomic E-state index is -4.43. The van der Waals surface area contributed by atoms with Crippen LogP contribution in [0.3, 0.4) is 0 Å². The molecule has 0 aliphatic rings. The maximum atomic E-state index is 14.1. The lowest BCUT2D eigenvalue weighted by molar-refractivity contribution is -0.153. The number of nitrogens with one attached hydrogen (secondary N) is 1. The van der Waals surface area contributed by atoms with Gasteiger partial charge < -0.3 is 10.1 Å². The molecule has 1 heterocycles. The van der Waals surface area contributed by atoms with Crippen molar-refractivity contribution in [1.29, 1.82) is 0 Å². The van der Waals surface area contributed by atoms with Gasteiger partial charge in [-0.3, -0.25) is 0 Å². The van der Waals surface area contributed by atoms with Crippen LogP contribution in [0.25, 0.3) is 0 Å². The van der Waals surface area contributed by atoms with E-state index in [4.69, 9.17) is 4.74 Å². The highest BCUT2D eigenvalue weighted by Crippen LogP contribution is 2.25. The van der Waals surface area contributed by atoms with Gasteiger partial charge in [-0.25, -0.2) is 14.4 Å². The molecule has 0 aliphatic heterocycles. The number of halogens is 4. The molecular weight excluding hydrogens is 326 g/mol. The normalized spacial score (nSPS) is 11.4. The Bertz CT molecular complexity index is 704. The Kier molecular flexibility index (Phi) is 5.58. The topological polar surface area (TPSA) is 47.0 Å². The van der Waals surface area contributed by atoms with Gasteiger partial charge in [0, 0.05) is 12.1 Å². The fraction of sp³-hybridized carbons (Fsp3) is 0.375. The van der Waals surface area contributed by atoms with Crippen molar-refractivity contribution < 1.29 is 22.3 Å². The van der Waals surface area contributed by atoms with E-state index in [0.717, 1.165) is 5.56 Å². The van der Waals surface area contributed by atoms with Gasteiger partial charge in [0.25, 0.3) is 0 Å². The van der Waals surface area contributed by atoms with Crippen LogP contribution in [0.15, 0.2) is 24.5 Å². The zero-order chi connectivity index (χ0) is 17.7. The molecular formula is C16H17F4N3O. The molecule has 4 nitrogen and oxygen atoms in total. The van der Waals surface area contributed by atoms with Crippen molar-refractivity contribution in [2.24, 2.45) is 0 Å². The molecule has 0 fully saturated rings. The quantitative estimate of drug-likeness (QED) is 0.804. The first-order valence-corrected chi connectivity index (χ1v) is 7.32. The highest BCUT2D eigenvalue weighted by Gasteiger charge is 2.28. The molecule has 0 atom stereocenters.